The summed E-state index contributed by atoms with van der Waals surface area (Å²) >= 11 is 0. The molecule has 1 atom stereocenters. The third kappa shape index (κ3) is 3.36. The Morgan fingerprint density at radius 2 is 1.71 bits per heavy atom. The Bertz CT molecular complexity index is 1210. The molecule has 154 valence electrons. The largest absolute Gasteiger partial charge is 0.497 e. The second-order valence-corrected chi connectivity index (χ2v) is 7.69. The van der Waals surface area contributed by atoms with E-state index in [-0.39, 0.29) is 11.9 Å². The predicted molar refractivity (Wildman–Crippen MR) is 118 cm³/mol. The fourth-order valence-electron chi connectivity index (χ4n) is 4.11. The zero-order chi connectivity index (χ0) is 21.4. The van der Waals surface area contributed by atoms with Gasteiger partial charge in [0, 0.05) is 30.1 Å². The summed E-state index contributed by atoms with van der Waals surface area (Å²) in [5.74, 6) is 0.721. The number of H-pyrrole nitrogens is 1. The van der Waals surface area contributed by atoms with E-state index in [2.05, 4.69) is 34.2 Å². The number of pyridine rings is 1. The lowest BCUT2D eigenvalue weighted by Gasteiger charge is -2.26. The summed E-state index contributed by atoms with van der Waals surface area (Å²) in [4.78, 5) is 19.4. The molecule has 3 heterocycles. The summed E-state index contributed by atoms with van der Waals surface area (Å²) in [7, 11) is 1.65. The van der Waals surface area contributed by atoms with Gasteiger partial charge in [0.1, 0.15) is 11.4 Å². The first kappa shape index (κ1) is 19.1. The highest BCUT2D eigenvalue weighted by molar-refractivity contribution is 6.00. The van der Waals surface area contributed by atoms with E-state index < -0.39 is 0 Å². The van der Waals surface area contributed by atoms with E-state index in [0.717, 1.165) is 33.7 Å². The number of benzene rings is 2. The Kier molecular flexibility index (Phi) is 4.75. The number of hydrogen-bond acceptors (Lipinski definition) is 4. The first-order valence-corrected chi connectivity index (χ1v) is 10.1. The number of carbonyl (C=O) groups is 1. The van der Waals surface area contributed by atoms with Crippen LogP contribution in [-0.2, 0) is 6.54 Å². The van der Waals surface area contributed by atoms with Gasteiger partial charge in [0.15, 0.2) is 0 Å². The third-order valence-corrected chi connectivity index (χ3v) is 5.72. The summed E-state index contributed by atoms with van der Waals surface area (Å²) < 4.78 is 5.33. The van der Waals surface area contributed by atoms with E-state index in [1.807, 2.05) is 53.4 Å². The molecule has 6 nitrogen and oxygen atoms in total. The fraction of sp³-hybridized carbons (Fsp3) is 0.160. The van der Waals surface area contributed by atoms with Crippen LogP contribution in [0.3, 0.4) is 0 Å². The van der Waals surface area contributed by atoms with Crippen molar-refractivity contribution in [3.05, 3.63) is 101 Å². The van der Waals surface area contributed by atoms with Crippen LogP contribution in [0.4, 0.5) is 0 Å². The quantitative estimate of drug-likeness (QED) is 0.525. The second kappa shape index (κ2) is 7.72. The Hall–Kier alpha value is -3.93. The number of rotatable bonds is 5. The lowest BCUT2D eigenvalue weighted by Crippen LogP contribution is -2.29. The summed E-state index contributed by atoms with van der Waals surface area (Å²) in [6, 6.07) is 19.7. The molecule has 5 rings (SSSR count). The second-order valence-electron chi connectivity index (χ2n) is 7.69. The molecule has 0 saturated heterocycles. The molecular formula is C25H22N4O2. The lowest BCUT2D eigenvalue weighted by molar-refractivity contribution is 0.0730. The van der Waals surface area contributed by atoms with Crippen LogP contribution >= 0.6 is 0 Å². The Labute approximate surface area is 180 Å². The van der Waals surface area contributed by atoms with Crippen LogP contribution in [-0.4, -0.2) is 33.1 Å². The van der Waals surface area contributed by atoms with E-state index in [4.69, 9.17) is 4.74 Å². The molecule has 0 spiro atoms. The summed E-state index contributed by atoms with van der Waals surface area (Å²) in [5.41, 5.74) is 6.46. The van der Waals surface area contributed by atoms with E-state index in [1.165, 1.54) is 5.56 Å². The predicted octanol–water partition coefficient (Wildman–Crippen LogP) is 4.53. The average Bonchev–Trinajstić information content (AvgIpc) is 3.35. The van der Waals surface area contributed by atoms with Gasteiger partial charge in [0.05, 0.1) is 18.8 Å². The van der Waals surface area contributed by atoms with E-state index in [0.29, 0.717) is 12.2 Å². The van der Waals surface area contributed by atoms with Gasteiger partial charge in [0.25, 0.3) is 5.91 Å². The molecule has 0 fully saturated rings. The van der Waals surface area contributed by atoms with Gasteiger partial charge >= 0.3 is 0 Å². The molecule has 0 saturated carbocycles. The number of amides is 1. The monoisotopic (exact) mass is 410 g/mol. The van der Waals surface area contributed by atoms with Crippen LogP contribution in [0.2, 0.25) is 0 Å². The van der Waals surface area contributed by atoms with Gasteiger partial charge in [-0.05, 0) is 42.3 Å². The van der Waals surface area contributed by atoms with Crippen molar-refractivity contribution in [1.29, 1.82) is 0 Å². The normalized spacial score (nSPS) is 15.2. The van der Waals surface area contributed by atoms with Crippen LogP contribution in [0.1, 0.15) is 38.8 Å². The number of nitrogens with one attached hydrogen (secondary N) is 1. The summed E-state index contributed by atoms with van der Waals surface area (Å²) in [6.07, 6.45) is 3.49. The van der Waals surface area contributed by atoms with Crippen molar-refractivity contribution in [3.63, 3.8) is 0 Å². The van der Waals surface area contributed by atoms with Gasteiger partial charge in [-0.15, -0.1) is 0 Å². The molecule has 1 aliphatic rings. The number of aromatic nitrogens is 3. The fourth-order valence-corrected chi connectivity index (χ4v) is 4.11. The number of ether oxygens (including phenoxy) is 1. The maximum atomic E-state index is 13.4. The third-order valence-electron chi connectivity index (χ3n) is 5.72. The van der Waals surface area contributed by atoms with Crippen molar-refractivity contribution in [2.45, 2.75) is 19.5 Å². The number of aryl methyl sites for hydroxylation is 1. The Balaban J connectivity index is 1.63. The number of fused-ring (bicyclic) bond motifs is 1. The van der Waals surface area contributed by atoms with Gasteiger partial charge in [-0.3, -0.25) is 14.9 Å². The van der Waals surface area contributed by atoms with Crippen LogP contribution in [0.5, 0.6) is 5.75 Å². The number of nitrogens with zero attached hydrogens (tertiary/aromatic N) is 3. The topological polar surface area (TPSA) is 71.1 Å². The van der Waals surface area contributed by atoms with E-state index in [9.17, 15) is 4.79 Å². The molecular weight excluding hydrogens is 388 g/mol. The zero-order valence-corrected chi connectivity index (χ0v) is 17.4. The first-order valence-electron chi connectivity index (χ1n) is 10.1. The van der Waals surface area contributed by atoms with Gasteiger partial charge in [-0.2, -0.15) is 5.10 Å². The van der Waals surface area contributed by atoms with Crippen molar-refractivity contribution in [3.8, 4) is 17.0 Å². The minimum absolute atomic E-state index is 0.0570. The highest BCUT2D eigenvalue weighted by atomic mass is 16.5. The van der Waals surface area contributed by atoms with Gasteiger partial charge < -0.3 is 9.64 Å². The molecule has 0 aliphatic carbocycles. The van der Waals surface area contributed by atoms with Gasteiger partial charge in [-0.25, -0.2) is 0 Å². The number of carbonyl (C=O) groups excluding carboxylic acids is 1. The number of methoxy groups -OCH3 is 1. The maximum Gasteiger partial charge on any atom is 0.273 e. The average molecular weight is 410 g/mol. The van der Waals surface area contributed by atoms with Crippen LogP contribution < -0.4 is 4.74 Å². The van der Waals surface area contributed by atoms with Crippen molar-refractivity contribution in [2.75, 3.05) is 7.11 Å². The Morgan fingerprint density at radius 1 is 1.00 bits per heavy atom. The SMILES string of the molecule is COc1ccc(C2c3c(-c4ccc(C)cc4)n[nH]c3C(=O)N2Cc2ccncc2)cc1. The van der Waals surface area contributed by atoms with Crippen molar-refractivity contribution >= 4 is 5.91 Å². The van der Waals surface area contributed by atoms with E-state index >= 15 is 0 Å². The van der Waals surface area contributed by atoms with E-state index in [1.54, 1.807) is 19.5 Å². The standard InChI is InChI=1S/C25H22N4O2/c1-16-3-5-18(6-4-16)22-21-23(28-27-22)25(30)29(15-17-11-13-26-14-12-17)24(21)19-7-9-20(31-2)10-8-19/h3-14,24H,15H2,1-2H3,(H,27,28). The molecule has 1 aliphatic heterocycles. The summed E-state index contributed by atoms with van der Waals surface area (Å²) in [6.45, 7) is 2.53. The van der Waals surface area contributed by atoms with Crippen molar-refractivity contribution in [2.24, 2.45) is 0 Å². The lowest BCUT2D eigenvalue weighted by atomic mass is 9.95. The minimum atomic E-state index is -0.253. The van der Waals surface area contributed by atoms with Crippen molar-refractivity contribution < 1.29 is 9.53 Å². The molecule has 2 aromatic heterocycles. The molecule has 1 N–H and O–H groups in total. The molecule has 2 aromatic carbocycles. The first-order chi connectivity index (χ1) is 15.2. The molecule has 1 unspecified atom stereocenters. The minimum Gasteiger partial charge on any atom is -0.497 e. The molecule has 0 radical (unpaired) electrons. The smallest absolute Gasteiger partial charge is 0.273 e. The molecule has 1 amide bonds. The maximum absolute atomic E-state index is 13.4. The summed E-state index contributed by atoms with van der Waals surface area (Å²) in [5, 5.41) is 7.54. The van der Waals surface area contributed by atoms with Crippen LogP contribution in [0, 0.1) is 6.92 Å². The van der Waals surface area contributed by atoms with Gasteiger partial charge in [0.2, 0.25) is 0 Å². The Morgan fingerprint density at radius 3 is 2.39 bits per heavy atom. The van der Waals surface area contributed by atoms with Crippen molar-refractivity contribution in [1.82, 2.24) is 20.1 Å². The molecule has 31 heavy (non-hydrogen) atoms. The van der Waals surface area contributed by atoms with Crippen LogP contribution in [0.15, 0.2) is 73.1 Å². The zero-order valence-electron chi connectivity index (χ0n) is 17.4. The molecule has 4 aromatic rings. The highest BCUT2D eigenvalue weighted by Gasteiger charge is 2.42. The number of hydrogen-bond donors (Lipinski definition) is 1. The molecule has 6 heteroatoms. The van der Waals surface area contributed by atoms with Crippen LogP contribution in [0.25, 0.3) is 11.3 Å². The van der Waals surface area contributed by atoms with Gasteiger partial charge in [-0.1, -0.05) is 42.0 Å². The highest BCUT2D eigenvalue weighted by Crippen LogP contribution is 2.43. The molecule has 0 bridgehead atoms. The number of aromatic amines is 1.